The molecule has 6 heteroatoms. The number of methoxy groups -OCH3 is 1. The molecular weight excluding hydrogens is 186 g/mol. The van der Waals surface area contributed by atoms with Crippen LogP contribution in [0.1, 0.15) is 13.3 Å². The fraction of sp³-hybridized carbons (Fsp3) is 0.750. The summed E-state index contributed by atoms with van der Waals surface area (Å²) in [7, 11) is 3.22. The number of oxime groups is 1. The molecule has 1 unspecified atom stereocenters. The van der Waals surface area contributed by atoms with Gasteiger partial charge in [-0.2, -0.15) is 0 Å². The van der Waals surface area contributed by atoms with Crippen LogP contribution >= 0.6 is 0 Å². The Balaban J connectivity index is 4.11. The molecule has 0 spiro atoms. The highest BCUT2D eigenvalue weighted by molar-refractivity contribution is 5.98. The molecule has 82 valence electrons. The van der Waals surface area contributed by atoms with Crippen LogP contribution in [0.3, 0.4) is 0 Å². The van der Waals surface area contributed by atoms with Gasteiger partial charge in [-0.15, -0.1) is 0 Å². The van der Waals surface area contributed by atoms with Gasteiger partial charge in [0.2, 0.25) is 5.91 Å². The highest BCUT2D eigenvalue weighted by atomic mass is 16.5. The third kappa shape index (κ3) is 4.08. The zero-order chi connectivity index (χ0) is 11.1. The zero-order valence-electron chi connectivity index (χ0n) is 8.73. The van der Waals surface area contributed by atoms with E-state index in [0.717, 1.165) is 0 Å². The second-order valence-electron chi connectivity index (χ2n) is 3.08. The predicted octanol–water partition coefficient (Wildman–Crippen LogP) is -0.384. The van der Waals surface area contributed by atoms with E-state index >= 15 is 0 Å². The van der Waals surface area contributed by atoms with Crippen LogP contribution in [0, 0.1) is 0 Å². The van der Waals surface area contributed by atoms with Crippen LogP contribution in [-0.4, -0.2) is 48.7 Å². The summed E-state index contributed by atoms with van der Waals surface area (Å²) in [5.41, 5.74) is 5.21. The predicted molar refractivity (Wildman–Crippen MR) is 52.1 cm³/mol. The Kier molecular flexibility index (Phi) is 5.62. The van der Waals surface area contributed by atoms with Gasteiger partial charge in [0, 0.05) is 14.2 Å². The lowest BCUT2D eigenvalue weighted by molar-refractivity contribution is -0.131. The summed E-state index contributed by atoms with van der Waals surface area (Å²) >= 11 is 0. The molecule has 0 radical (unpaired) electrons. The van der Waals surface area contributed by atoms with Crippen LogP contribution in [0.5, 0.6) is 0 Å². The van der Waals surface area contributed by atoms with E-state index in [9.17, 15) is 4.79 Å². The molecule has 0 aliphatic heterocycles. The third-order valence-electron chi connectivity index (χ3n) is 1.92. The smallest absolute Gasteiger partial charge is 0.230 e. The number of hydrogen-bond donors (Lipinski definition) is 2. The topological polar surface area (TPSA) is 88.2 Å². The number of carbonyl (C=O) groups is 1. The molecule has 0 aromatic rings. The number of amides is 1. The average molecular weight is 203 g/mol. The Labute approximate surface area is 83.3 Å². The van der Waals surface area contributed by atoms with E-state index in [1.54, 1.807) is 14.2 Å². The second-order valence-corrected chi connectivity index (χ2v) is 3.08. The van der Waals surface area contributed by atoms with Crippen LogP contribution in [0.4, 0.5) is 0 Å². The van der Waals surface area contributed by atoms with E-state index < -0.39 is 0 Å². The molecule has 0 saturated heterocycles. The summed E-state index contributed by atoms with van der Waals surface area (Å²) in [5.74, 6) is -0.295. The standard InChI is InChI=1S/C8H17N3O3/c1-6(5-14-3)11(2)8(12)4-7(9)10-13/h6,13H,4-5H2,1-3H3,(H2,9,10). The minimum absolute atomic E-state index is 0.0287. The molecule has 0 aromatic carbocycles. The van der Waals surface area contributed by atoms with Crippen molar-refractivity contribution in [2.45, 2.75) is 19.4 Å². The van der Waals surface area contributed by atoms with Crippen LogP contribution in [-0.2, 0) is 9.53 Å². The molecule has 3 N–H and O–H groups in total. The molecule has 0 saturated carbocycles. The van der Waals surface area contributed by atoms with E-state index in [1.807, 2.05) is 6.92 Å². The van der Waals surface area contributed by atoms with Crippen LogP contribution in [0.15, 0.2) is 5.16 Å². The van der Waals surface area contributed by atoms with Gasteiger partial charge in [-0.3, -0.25) is 4.79 Å². The van der Waals surface area contributed by atoms with Crippen molar-refractivity contribution in [3.63, 3.8) is 0 Å². The molecule has 0 rings (SSSR count). The quantitative estimate of drug-likeness (QED) is 0.276. The Bertz CT molecular complexity index is 218. The Hall–Kier alpha value is -1.30. The molecule has 0 aliphatic rings. The number of nitrogens with zero attached hydrogens (tertiary/aromatic N) is 2. The van der Waals surface area contributed by atoms with Crippen molar-refractivity contribution in [3.05, 3.63) is 0 Å². The lowest BCUT2D eigenvalue weighted by Gasteiger charge is -2.23. The highest BCUT2D eigenvalue weighted by Gasteiger charge is 2.16. The van der Waals surface area contributed by atoms with Crippen LogP contribution in [0.25, 0.3) is 0 Å². The summed E-state index contributed by atoms with van der Waals surface area (Å²) < 4.78 is 4.90. The first-order chi connectivity index (χ1) is 6.52. The van der Waals surface area contributed by atoms with Gasteiger partial charge in [0.25, 0.3) is 0 Å². The average Bonchev–Trinajstić information content (AvgIpc) is 2.16. The molecule has 6 nitrogen and oxygen atoms in total. The number of rotatable bonds is 5. The number of amidine groups is 1. The Morgan fingerprint density at radius 2 is 2.29 bits per heavy atom. The first-order valence-corrected chi connectivity index (χ1v) is 4.24. The number of ether oxygens (including phenoxy) is 1. The van der Waals surface area contributed by atoms with Gasteiger partial charge in [-0.05, 0) is 6.92 Å². The van der Waals surface area contributed by atoms with Crippen LogP contribution in [0.2, 0.25) is 0 Å². The first-order valence-electron chi connectivity index (χ1n) is 4.24. The van der Waals surface area contributed by atoms with Crippen molar-refractivity contribution in [2.24, 2.45) is 10.9 Å². The van der Waals surface area contributed by atoms with Crippen molar-refractivity contribution >= 4 is 11.7 Å². The molecule has 1 amide bonds. The largest absolute Gasteiger partial charge is 0.409 e. The van der Waals surface area contributed by atoms with E-state index in [2.05, 4.69) is 5.16 Å². The van der Waals surface area contributed by atoms with Crippen molar-refractivity contribution < 1.29 is 14.7 Å². The fourth-order valence-electron chi connectivity index (χ4n) is 0.914. The number of carbonyl (C=O) groups excluding carboxylic acids is 1. The summed E-state index contributed by atoms with van der Waals surface area (Å²) in [5, 5.41) is 11.0. The lowest BCUT2D eigenvalue weighted by Crippen LogP contribution is -2.39. The lowest BCUT2D eigenvalue weighted by atomic mass is 10.2. The summed E-state index contributed by atoms with van der Waals surface area (Å²) in [4.78, 5) is 12.9. The maximum absolute atomic E-state index is 11.4. The molecular formula is C8H17N3O3. The normalized spacial score (nSPS) is 13.8. The highest BCUT2D eigenvalue weighted by Crippen LogP contribution is 1.99. The third-order valence-corrected chi connectivity index (χ3v) is 1.92. The first kappa shape index (κ1) is 12.7. The number of hydrogen-bond acceptors (Lipinski definition) is 4. The summed E-state index contributed by atoms with van der Waals surface area (Å²) in [6.45, 7) is 2.31. The van der Waals surface area contributed by atoms with Gasteiger partial charge in [0.05, 0.1) is 19.1 Å². The van der Waals surface area contributed by atoms with Gasteiger partial charge in [-0.1, -0.05) is 5.16 Å². The molecule has 1 atom stereocenters. The number of likely N-dealkylation sites (N-methyl/N-ethyl adjacent to an activating group) is 1. The Morgan fingerprint density at radius 1 is 1.71 bits per heavy atom. The monoisotopic (exact) mass is 203 g/mol. The molecule has 14 heavy (non-hydrogen) atoms. The van der Waals surface area contributed by atoms with Crippen LogP contribution < -0.4 is 5.73 Å². The van der Waals surface area contributed by atoms with Crippen molar-refractivity contribution in [2.75, 3.05) is 20.8 Å². The maximum Gasteiger partial charge on any atom is 0.230 e. The minimum atomic E-state index is -0.204. The second kappa shape index (κ2) is 6.20. The van der Waals surface area contributed by atoms with E-state index in [4.69, 9.17) is 15.7 Å². The minimum Gasteiger partial charge on any atom is -0.409 e. The van der Waals surface area contributed by atoms with E-state index in [-0.39, 0.29) is 24.2 Å². The Morgan fingerprint density at radius 3 is 2.71 bits per heavy atom. The zero-order valence-corrected chi connectivity index (χ0v) is 8.73. The van der Waals surface area contributed by atoms with Gasteiger partial charge >= 0.3 is 0 Å². The van der Waals surface area contributed by atoms with E-state index in [0.29, 0.717) is 6.61 Å². The molecule has 0 heterocycles. The van der Waals surface area contributed by atoms with Gasteiger partial charge in [0.15, 0.2) is 0 Å². The molecule has 0 bridgehead atoms. The summed E-state index contributed by atoms with van der Waals surface area (Å²) in [6.07, 6.45) is -0.0823. The fourth-order valence-corrected chi connectivity index (χ4v) is 0.914. The van der Waals surface area contributed by atoms with Gasteiger partial charge < -0.3 is 20.6 Å². The van der Waals surface area contributed by atoms with Gasteiger partial charge in [-0.25, -0.2) is 0 Å². The van der Waals surface area contributed by atoms with Crippen molar-refractivity contribution in [1.29, 1.82) is 0 Å². The maximum atomic E-state index is 11.4. The number of nitrogens with two attached hydrogens (primary N) is 1. The van der Waals surface area contributed by atoms with Crippen molar-refractivity contribution in [1.82, 2.24) is 4.90 Å². The van der Waals surface area contributed by atoms with Gasteiger partial charge in [0.1, 0.15) is 5.84 Å². The summed E-state index contributed by atoms with van der Waals surface area (Å²) in [6, 6.07) is -0.0287. The van der Waals surface area contributed by atoms with Crippen molar-refractivity contribution in [3.8, 4) is 0 Å². The molecule has 0 fully saturated rings. The van der Waals surface area contributed by atoms with E-state index in [1.165, 1.54) is 4.90 Å². The molecule has 0 aliphatic carbocycles. The SMILES string of the molecule is COCC(C)N(C)C(=O)CC(N)=NO. The molecule has 0 aromatic heterocycles.